The third-order valence-electron chi connectivity index (χ3n) is 13.7. The Hall–Kier alpha value is -8.97. The zero-order chi connectivity index (χ0) is 48.0. The van der Waals surface area contributed by atoms with Crippen molar-refractivity contribution < 1.29 is 65.3 Å². The molecule has 0 saturated heterocycles. The molecule has 344 valence electrons. The van der Waals surface area contributed by atoms with Crippen LogP contribution in [0.4, 0.5) is 0 Å². The van der Waals surface area contributed by atoms with Gasteiger partial charge in [0.1, 0.15) is 81.2 Å². The van der Waals surface area contributed by atoms with Crippen LogP contribution in [-0.2, 0) is 0 Å². The molecule has 0 aromatic heterocycles. The van der Waals surface area contributed by atoms with Crippen molar-refractivity contribution in [3.8, 4) is 69.0 Å². The first-order valence-electron chi connectivity index (χ1n) is 22.1. The molecular weight excluding hydrogens is 881 g/mol. The van der Waals surface area contributed by atoms with Gasteiger partial charge in [-0.1, -0.05) is 36.4 Å². The average Bonchev–Trinajstić information content (AvgIpc) is 4.00. The maximum Gasteiger partial charge on any atom is 0.170 e. The molecule has 2 aliphatic heterocycles. The molecule has 0 bridgehead atoms. The maximum absolute atomic E-state index is 15.7. The number of Topliss-reactive ketones (excluding diaryl/α,β-unsaturated/α-hetero) is 1. The number of carbonyl (C=O) groups is 1. The molecule has 69 heavy (non-hydrogen) atoms. The van der Waals surface area contributed by atoms with E-state index in [-0.39, 0.29) is 74.6 Å². The van der Waals surface area contributed by atoms with Crippen LogP contribution >= 0.6 is 0 Å². The van der Waals surface area contributed by atoms with Gasteiger partial charge in [0.15, 0.2) is 5.78 Å². The first-order valence-corrected chi connectivity index (χ1v) is 22.1. The van der Waals surface area contributed by atoms with E-state index in [1.807, 2.05) is 0 Å². The second kappa shape index (κ2) is 16.1. The van der Waals surface area contributed by atoms with Crippen LogP contribution in [0.15, 0.2) is 152 Å². The van der Waals surface area contributed by atoms with Crippen LogP contribution < -0.4 is 9.47 Å². The fourth-order valence-corrected chi connectivity index (χ4v) is 11.0. The molecule has 0 spiro atoms. The molecule has 7 atom stereocenters. The molecule has 7 unspecified atom stereocenters. The van der Waals surface area contributed by atoms with Gasteiger partial charge in [0.05, 0.1) is 17.8 Å². The normalized spacial score (nSPS) is 20.9. The molecule has 0 saturated carbocycles. The van der Waals surface area contributed by atoms with Crippen molar-refractivity contribution in [2.24, 2.45) is 0 Å². The van der Waals surface area contributed by atoms with Crippen LogP contribution in [0.1, 0.15) is 108 Å². The average molecular weight is 923 g/mol. The van der Waals surface area contributed by atoms with E-state index in [0.717, 1.165) is 6.07 Å². The Kier molecular flexibility index (Phi) is 9.97. The van der Waals surface area contributed by atoms with Crippen LogP contribution in [0.3, 0.4) is 0 Å². The molecule has 13 heteroatoms. The molecule has 0 amide bonds. The van der Waals surface area contributed by atoms with Gasteiger partial charge in [0, 0.05) is 58.4 Å². The summed E-state index contributed by atoms with van der Waals surface area (Å²) in [5.74, 6) is -6.48. The van der Waals surface area contributed by atoms with Gasteiger partial charge in [-0.15, -0.1) is 0 Å². The molecule has 0 radical (unpaired) electrons. The van der Waals surface area contributed by atoms with E-state index in [4.69, 9.17) is 9.47 Å². The van der Waals surface area contributed by atoms with Crippen LogP contribution in [0.5, 0.6) is 69.0 Å². The number of benzene rings is 8. The minimum absolute atomic E-state index is 0.00829. The number of ketones is 1. The van der Waals surface area contributed by atoms with E-state index in [2.05, 4.69) is 0 Å². The smallest absolute Gasteiger partial charge is 0.170 e. The van der Waals surface area contributed by atoms with Crippen LogP contribution in [0.25, 0.3) is 0 Å². The lowest BCUT2D eigenvalue weighted by molar-refractivity contribution is 0.0948. The van der Waals surface area contributed by atoms with Crippen molar-refractivity contribution in [2.45, 2.75) is 41.8 Å². The minimum Gasteiger partial charge on any atom is -0.508 e. The molecule has 2 heterocycles. The van der Waals surface area contributed by atoms with Gasteiger partial charge in [-0.05, 0) is 130 Å². The molecule has 8 aromatic rings. The topological polar surface area (TPSA) is 238 Å². The number of phenols is 10. The standard InChI is InChI=1S/C56H42O13/c57-32-9-1-26(2-10-32)45-46(30-17-36(61)21-37(62)18-30)53(54(67)27-3-11-33(58)12-4-27)52-50(45)42(66)25-44-51(52)49(56(69-44)29-7-15-35(60)16-8-29)41-23-40(65)24-43-48(41)47(31-19-38(63)22-39(64)20-31)55(68-43)28-5-13-34(59)14-6-28/h1-25,45-47,49,53,55-66H. The number of phenolic OH excluding ortho intramolecular Hbond substituents is 10. The molecule has 1 aliphatic carbocycles. The summed E-state index contributed by atoms with van der Waals surface area (Å²) in [7, 11) is 0. The predicted molar refractivity (Wildman–Crippen MR) is 250 cm³/mol. The third kappa shape index (κ3) is 7.22. The lowest BCUT2D eigenvalue weighted by atomic mass is 9.72. The first-order chi connectivity index (χ1) is 33.2. The largest absolute Gasteiger partial charge is 0.508 e. The van der Waals surface area contributed by atoms with Crippen molar-refractivity contribution in [1.82, 2.24) is 0 Å². The second-order valence-electron chi connectivity index (χ2n) is 17.8. The van der Waals surface area contributed by atoms with Gasteiger partial charge in [-0.3, -0.25) is 4.79 Å². The maximum atomic E-state index is 15.7. The summed E-state index contributed by atoms with van der Waals surface area (Å²) in [6.45, 7) is 0. The highest BCUT2D eigenvalue weighted by atomic mass is 16.5. The van der Waals surface area contributed by atoms with Crippen LogP contribution in [0.2, 0.25) is 0 Å². The summed E-state index contributed by atoms with van der Waals surface area (Å²) in [6, 6.07) is 37.6. The van der Waals surface area contributed by atoms with E-state index >= 15 is 4.79 Å². The fraction of sp³-hybridized carbons (Fsp3) is 0.125. The molecule has 0 fully saturated rings. The molecule has 8 aromatic carbocycles. The van der Waals surface area contributed by atoms with Crippen molar-refractivity contribution in [1.29, 1.82) is 0 Å². The quantitative estimate of drug-likeness (QED) is 0.0639. The van der Waals surface area contributed by atoms with Crippen LogP contribution in [-0.4, -0.2) is 56.8 Å². The molecule has 3 aliphatic rings. The Morgan fingerprint density at radius 3 is 1.30 bits per heavy atom. The molecule has 11 rings (SSSR count). The minimum atomic E-state index is -1.22. The fourth-order valence-electron chi connectivity index (χ4n) is 11.0. The van der Waals surface area contributed by atoms with Crippen molar-refractivity contribution in [2.75, 3.05) is 0 Å². The van der Waals surface area contributed by atoms with Gasteiger partial charge in [0.25, 0.3) is 0 Å². The zero-order valence-electron chi connectivity index (χ0n) is 36.2. The van der Waals surface area contributed by atoms with Crippen molar-refractivity contribution >= 4 is 5.78 Å². The summed E-state index contributed by atoms with van der Waals surface area (Å²) < 4.78 is 13.7. The third-order valence-corrected chi connectivity index (χ3v) is 13.7. The lowest BCUT2D eigenvalue weighted by Gasteiger charge is -2.28. The summed E-state index contributed by atoms with van der Waals surface area (Å²) in [6.07, 6.45) is -1.84. The number of hydrogen-bond acceptors (Lipinski definition) is 13. The van der Waals surface area contributed by atoms with E-state index in [0.29, 0.717) is 55.6 Å². The molecule has 13 nitrogen and oxygen atoms in total. The van der Waals surface area contributed by atoms with E-state index in [9.17, 15) is 51.1 Å². The predicted octanol–water partition coefficient (Wildman–Crippen LogP) is 10.2. The Morgan fingerprint density at radius 1 is 0.348 bits per heavy atom. The SMILES string of the molecule is O=C(c1ccc(O)cc1)C1c2c3c(cc(O)c2C(c2ccc(O)cc2)C1c1cc(O)cc(O)c1)OC(c1ccc(O)cc1)C3c1cc(O)cc2c1C(c1cc(O)cc(O)c1)C(c1ccc(O)cc1)O2. The lowest BCUT2D eigenvalue weighted by Crippen LogP contribution is -2.21. The highest BCUT2D eigenvalue weighted by Gasteiger charge is 2.54. The van der Waals surface area contributed by atoms with Crippen molar-refractivity contribution in [3.05, 3.63) is 213 Å². The monoisotopic (exact) mass is 922 g/mol. The van der Waals surface area contributed by atoms with Gasteiger partial charge >= 0.3 is 0 Å². The zero-order valence-corrected chi connectivity index (χ0v) is 36.2. The van der Waals surface area contributed by atoms with Gasteiger partial charge < -0.3 is 60.5 Å². The van der Waals surface area contributed by atoms with E-state index in [1.54, 1.807) is 42.5 Å². The summed E-state index contributed by atoms with van der Waals surface area (Å²) in [4.78, 5) is 15.7. The number of carbonyl (C=O) groups excluding carboxylic acids is 1. The van der Waals surface area contributed by atoms with Crippen molar-refractivity contribution in [3.63, 3.8) is 0 Å². The highest BCUT2D eigenvalue weighted by molar-refractivity contribution is 6.03. The Morgan fingerprint density at radius 2 is 0.783 bits per heavy atom. The number of hydrogen-bond donors (Lipinski definition) is 10. The molecule has 10 N–H and O–H groups in total. The highest BCUT2D eigenvalue weighted by Crippen LogP contribution is 2.67. The number of rotatable bonds is 8. The Bertz CT molecular complexity index is 3290. The summed E-state index contributed by atoms with van der Waals surface area (Å²) in [5, 5.41) is 110. The number of ether oxygens (including phenoxy) is 2. The number of aromatic hydroxyl groups is 10. The number of fused-ring (bicyclic) bond motifs is 4. The van der Waals surface area contributed by atoms with Gasteiger partial charge in [-0.2, -0.15) is 0 Å². The summed E-state index contributed by atoms with van der Waals surface area (Å²) in [5.41, 5.74) is 4.76. The second-order valence-corrected chi connectivity index (χ2v) is 17.8. The first kappa shape index (κ1) is 42.7. The van der Waals surface area contributed by atoms with Crippen LogP contribution in [0, 0.1) is 0 Å². The van der Waals surface area contributed by atoms with Gasteiger partial charge in [0.2, 0.25) is 0 Å². The molecular formula is C56H42O13. The Balaban J connectivity index is 1.24. The Labute approximate surface area is 393 Å². The van der Waals surface area contributed by atoms with E-state index in [1.165, 1.54) is 103 Å². The van der Waals surface area contributed by atoms with Gasteiger partial charge in [-0.25, -0.2) is 0 Å². The van der Waals surface area contributed by atoms with E-state index < -0.39 is 47.6 Å². The summed E-state index contributed by atoms with van der Waals surface area (Å²) >= 11 is 0.